The molecule has 0 aromatic heterocycles. The number of nitrogens with one attached hydrogen (secondary N) is 1. The van der Waals surface area contributed by atoms with E-state index in [-0.39, 0.29) is 23.8 Å². The van der Waals surface area contributed by atoms with Crippen molar-refractivity contribution < 1.29 is 50.9 Å². The van der Waals surface area contributed by atoms with Crippen LogP contribution in [-0.4, -0.2) is 85.9 Å². The van der Waals surface area contributed by atoms with Crippen LogP contribution in [0.25, 0.3) is 10.8 Å². The number of carboxylic acid groups (broad SMARTS) is 1. The Morgan fingerprint density at radius 2 is 1.77 bits per heavy atom. The summed E-state index contributed by atoms with van der Waals surface area (Å²) in [6, 6.07) is 5.49. The SMILES string of the molecule is C=CCOC(=O)N1C[C@@H](S(=O)(=O)C(=O)OC(C)(C)C)C[C@H]1CNS(=O)(=O)c1cc(C(=O)O)c(O)c2ccccc12. The maximum absolute atomic E-state index is 13.4. The number of sulfone groups is 1. The predicted octanol–water partition coefficient (Wildman–Crippen LogP) is 2.64. The molecule has 0 aliphatic carbocycles. The molecular weight excluding hydrogens is 568 g/mol. The zero-order valence-corrected chi connectivity index (χ0v) is 23.6. The second-order valence-corrected chi connectivity index (χ2v) is 13.8. The van der Waals surface area contributed by atoms with Crippen molar-refractivity contribution in [3.8, 4) is 5.75 Å². The van der Waals surface area contributed by atoms with Gasteiger partial charge in [0.15, 0.2) is 0 Å². The fourth-order valence-corrected chi connectivity index (χ4v) is 6.95. The van der Waals surface area contributed by atoms with Gasteiger partial charge in [-0.05, 0) is 33.3 Å². The van der Waals surface area contributed by atoms with Crippen LogP contribution in [0, 0.1) is 0 Å². The van der Waals surface area contributed by atoms with Gasteiger partial charge in [-0.15, -0.1) is 0 Å². The van der Waals surface area contributed by atoms with E-state index in [2.05, 4.69) is 11.3 Å². The molecule has 1 fully saturated rings. The second-order valence-electron chi connectivity index (χ2n) is 10.0. The zero-order valence-electron chi connectivity index (χ0n) is 22.0. The Labute approximate surface area is 231 Å². The summed E-state index contributed by atoms with van der Waals surface area (Å²) in [6.45, 7) is 6.76. The third-order valence-electron chi connectivity index (χ3n) is 6.00. The number of benzene rings is 2. The van der Waals surface area contributed by atoms with Crippen molar-refractivity contribution in [2.75, 3.05) is 19.7 Å². The Bertz CT molecular complexity index is 1560. The van der Waals surface area contributed by atoms with Crippen molar-refractivity contribution in [2.45, 2.75) is 49.0 Å². The molecule has 15 heteroatoms. The highest BCUT2D eigenvalue weighted by Crippen LogP contribution is 2.34. The van der Waals surface area contributed by atoms with Gasteiger partial charge in [-0.2, -0.15) is 0 Å². The minimum absolute atomic E-state index is 0.0122. The second kappa shape index (κ2) is 11.4. The number of aromatic carboxylic acids is 1. The molecule has 0 radical (unpaired) electrons. The maximum Gasteiger partial charge on any atom is 0.425 e. The fraction of sp³-hybridized carbons (Fsp3) is 0.400. The van der Waals surface area contributed by atoms with Crippen LogP contribution in [0.5, 0.6) is 5.75 Å². The zero-order chi connectivity index (χ0) is 30.0. The molecule has 0 spiro atoms. The van der Waals surface area contributed by atoms with Crippen LogP contribution in [0.1, 0.15) is 37.6 Å². The molecular formula is C25H30N2O11S2. The summed E-state index contributed by atoms with van der Waals surface area (Å²) < 4.78 is 64.9. The topological polar surface area (TPSA) is 194 Å². The third kappa shape index (κ3) is 6.54. The number of nitrogens with zero attached hydrogens (tertiary/aromatic N) is 1. The highest BCUT2D eigenvalue weighted by molar-refractivity contribution is 8.06. The van der Waals surface area contributed by atoms with E-state index in [4.69, 9.17) is 9.47 Å². The van der Waals surface area contributed by atoms with Crippen LogP contribution >= 0.6 is 0 Å². The molecule has 1 aliphatic rings. The third-order valence-corrected chi connectivity index (χ3v) is 9.23. The smallest absolute Gasteiger partial charge is 0.425 e. The molecule has 0 unspecified atom stereocenters. The number of likely N-dealkylation sites (tertiary alicyclic amines) is 1. The summed E-state index contributed by atoms with van der Waals surface area (Å²) in [5.74, 6) is -2.16. The summed E-state index contributed by atoms with van der Waals surface area (Å²) >= 11 is 0. The van der Waals surface area contributed by atoms with Crippen LogP contribution in [-0.2, 0) is 29.3 Å². The van der Waals surface area contributed by atoms with Crippen LogP contribution in [0.2, 0.25) is 0 Å². The number of fused-ring (bicyclic) bond motifs is 1. The molecule has 1 aliphatic heterocycles. The minimum atomic E-state index is -4.55. The quantitative estimate of drug-likeness (QED) is 0.299. The minimum Gasteiger partial charge on any atom is -0.506 e. The molecule has 2 atom stereocenters. The monoisotopic (exact) mass is 598 g/mol. The first-order chi connectivity index (χ1) is 18.5. The van der Waals surface area contributed by atoms with Gasteiger partial charge in [-0.1, -0.05) is 36.9 Å². The van der Waals surface area contributed by atoms with E-state index >= 15 is 0 Å². The number of hydrogen-bond donors (Lipinski definition) is 3. The molecule has 2 aromatic rings. The van der Waals surface area contributed by atoms with Gasteiger partial charge >= 0.3 is 17.4 Å². The molecule has 0 bridgehead atoms. The van der Waals surface area contributed by atoms with Gasteiger partial charge in [0, 0.05) is 29.9 Å². The first kappa shape index (κ1) is 30.8. The Morgan fingerprint density at radius 1 is 1.15 bits per heavy atom. The van der Waals surface area contributed by atoms with Crippen LogP contribution in [0.4, 0.5) is 9.59 Å². The molecule has 40 heavy (non-hydrogen) atoms. The lowest BCUT2D eigenvalue weighted by Gasteiger charge is -2.24. The lowest BCUT2D eigenvalue weighted by Crippen LogP contribution is -2.43. The van der Waals surface area contributed by atoms with Crippen molar-refractivity contribution in [2.24, 2.45) is 0 Å². The van der Waals surface area contributed by atoms with Crippen molar-refractivity contribution in [3.05, 3.63) is 48.6 Å². The van der Waals surface area contributed by atoms with E-state index in [9.17, 15) is 41.4 Å². The summed E-state index contributed by atoms with van der Waals surface area (Å²) in [5, 5.41) is 17.0. The molecule has 2 aromatic carbocycles. The lowest BCUT2D eigenvalue weighted by molar-refractivity contribution is 0.0690. The van der Waals surface area contributed by atoms with Gasteiger partial charge < -0.3 is 24.6 Å². The van der Waals surface area contributed by atoms with E-state index in [0.29, 0.717) is 0 Å². The predicted molar refractivity (Wildman–Crippen MR) is 143 cm³/mol. The van der Waals surface area contributed by atoms with Crippen molar-refractivity contribution in [3.63, 3.8) is 0 Å². The van der Waals surface area contributed by atoms with E-state index < -0.39 is 83.4 Å². The average molecular weight is 599 g/mol. The normalized spacial score (nSPS) is 17.9. The molecule has 13 nitrogen and oxygen atoms in total. The van der Waals surface area contributed by atoms with Gasteiger partial charge in [-0.3, -0.25) is 0 Å². The Balaban J connectivity index is 1.94. The van der Waals surface area contributed by atoms with Gasteiger partial charge in [-0.25, -0.2) is 35.9 Å². The number of amides is 1. The van der Waals surface area contributed by atoms with Gasteiger partial charge in [0.2, 0.25) is 10.0 Å². The number of phenols is 1. The van der Waals surface area contributed by atoms with Crippen molar-refractivity contribution >= 4 is 48.0 Å². The molecule has 218 valence electrons. The lowest BCUT2D eigenvalue weighted by atomic mass is 10.1. The highest BCUT2D eigenvalue weighted by atomic mass is 32.2. The van der Waals surface area contributed by atoms with Crippen LogP contribution < -0.4 is 4.72 Å². The number of aromatic hydroxyl groups is 1. The molecule has 1 amide bonds. The summed E-state index contributed by atoms with van der Waals surface area (Å²) in [4.78, 5) is 37.3. The number of ether oxygens (including phenoxy) is 2. The average Bonchev–Trinajstić information content (AvgIpc) is 3.30. The largest absolute Gasteiger partial charge is 0.506 e. The summed E-state index contributed by atoms with van der Waals surface area (Å²) in [7, 11) is -9.01. The van der Waals surface area contributed by atoms with Gasteiger partial charge in [0.05, 0.1) is 10.1 Å². The number of carboxylic acids is 1. The van der Waals surface area contributed by atoms with E-state index in [0.717, 1.165) is 11.0 Å². The number of hydrogen-bond acceptors (Lipinski definition) is 10. The van der Waals surface area contributed by atoms with E-state index in [1.165, 1.54) is 51.1 Å². The number of sulfonamides is 1. The van der Waals surface area contributed by atoms with E-state index in [1.807, 2.05) is 0 Å². The Morgan fingerprint density at radius 3 is 2.35 bits per heavy atom. The van der Waals surface area contributed by atoms with Crippen LogP contribution in [0.3, 0.4) is 0 Å². The molecule has 1 saturated heterocycles. The number of carbonyl (C=O) groups is 3. The van der Waals surface area contributed by atoms with Crippen molar-refractivity contribution in [1.29, 1.82) is 0 Å². The first-order valence-electron chi connectivity index (χ1n) is 12.0. The molecule has 3 rings (SSSR count). The summed E-state index contributed by atoms with van der Waals surface area (Å²) in [5.41, 5.74) is -1.74. The molecule has 3 N–H and O–H groups in total. The Hall–Kier alpha value is -3.69. The summed E-state index contributed by atoms with van der Waals surface area (Å²) in [6.07, 6.45) is 0.0230. The maximum atomic E-state index is 13.4. The molecule has 0 saturated carbocycles. The van der Waals surface area contributed by atoms with Crippen molar-refractivity contribution in [1.82, 2.24) is 9.62 Å². The van der Waals surface area contributed by atoms with Crippen LogP contribution in [0.15, 0.2) is 47.9 Å². The number of rotatable bonds is 8. The van der Waals surface area contributed by atoms with Gasteiger partial charge in [0.1, 0.15) is 23.5 Å². The Kier molecular flexibility index (Phi) is 8.81. The first-order valence-corrected chi connectivity index (χ1v) is 15.0. The molecule has 1 heterocycles. The van der Waals surface area contributed by atoms with E-state index in [1.54, 1.807) is 0 Å². The number of carbonyl (C=O) groups excluding carboxylic acids is 2. The standard InChI is InChI=1S/C25H30N2O11S2/c1-5-10-37-23(31)27-14-16(39(33,34)24(32)38-25(2,3)4)11-15(27)13-26-40(35,36)20-12-19(22(29)30)21(28)18-9-7-6-8-17(18)20/h5-9,12,15-16,26,28H,1,10-11,13-14H2,2-4H3,(H,29,30)/t15-,16-/m0/s1. The van der Waals surface area contributed by atoms with Gasteiger partial charge in [0.25, 0.3) is 9.84 Å². The fourth-order valence-electron chi connectivity index (χ4n) is 4.17. The highest BCUT2D eigenvalue weighted by Gasteiger charge is 2.47.